The molecule has 0 heterocycles. The Hall–Kier alpha value is -2.71. The Balaban J connectivity index is 2.28. The molecule has 0 N–H and O–H groups in total. The van der Waals surface area contributed by atoms with Gasteiger partial charge in [0.15, 0.2) is 11.9 Å². The van der Waals surface area contributed by atoms with Crippen molar-refractivity contribution in [2.75, 3.05) is 7.11 Å². The van der Waals surface area contributed by atoms with E-state index in [1.54, 1.807) is 44.2 Å². The number of benzene rings is 2. The average molecular weight is 406 g/mol. The van der Waals surface area contributed by atoms with Crippen molar-refractivity contribution in [3.63, 3.8) is 0 Å². The predicted molar refractivity (Wildman–Crippen MR) is 102 cm³/mol. The van der Waals surface area contributed by atoms with E-state index in [9.17, 15) is 18.0 Å². The summed E-state index contributed by atoms with van der Waals surface area (Å²) in [7, 11) is -3.04. The largest absolute Gasteiger partial charge is 0.467 e. The Labute approximate surface area is 164 Å². The third kappa shape index (κ3) is 5.17. The summed E-state index contributed by atoms with van der Waals surface area (Å²) < 4.78 is 40.4. The SMILES string of the molecule is CCC(OS(=O)(=O)c1ccc(C)c(Oc2ccc(C(C)=O)cc2)c1)C(=O)OC. The molecule has 0 radical (unpaired) electrons. The van der Waals surface area contributed by atoms with Gasteiger partial charge in [-0.2, -0.15) is 8.42 Å². The van der Waals surface area contributed by atoms with E-state index in [2.05, 4.69) is 4.74 Å². The lowest BCUT2D eigenvalue weighted by atomic mass is 10.1. The molecule has 1 atom stereocenters. The zero-order valence-electron chi connectivity index (χ0n) is 16.1. The van der Waals surface area contributed by atoms with Gasteiger partial charge in [-0.15, -0.1) is 0 Å². The van der Waals surface area contributed by atoms with Crippen molar-refractivity contribution in [1.82, 2.24) is 0 Å². The first-order chi connectivity index (χ1) is 13.2. The van der Waals surface area contributed by atoms with Gasteiger partial charge in [-0.1, -0.05) is 13.0 Å². The van der Waals surface area contributed by atoms with Crippen molar-refractivity contribution >= 4 is 21.9 Å². The zero-order valence-corrected chi connectivity index (χ0v) is 16.9. The number of aryl methyl sites for hydroxylation is 1. The lowest BCUT2D eigenvalue weighted by Gasteiger charge is -2.15. The van der Waals surface area contributed by atoms with Gasteiger partial charge in [0.25, 0.3) is 10.1 Å². The molecular weight excluding hydrogens is 384 g/mol. The topological polar surface area (TPSA) is 96.0 Å². The van der Waals surface area contributed by atoms with E-state index in [-0.39, 0.29) is 17.1 Å². The second-order valence-electron chi connectivity index (χ2n) is 6.08. The summed E-state index contributed by atoms with van der Waals surface area (Å²) in [5.74, 6) is -0.0693. The molecule has 0 aliphatic heterocycles. The van der Waals surface area contributed by atoms with Crippen molar-refractivity contribution < 1.29 is 31.7 Å². The number of methoxy groups -OCH3 is 1. The first kappa shape index (κ1) is 21.6. The maximum absolute atomic E-state index is 12.5. The molecule has 0 saturated carbocycles. The van der Waals surface area contributed by atoms with Gasteiger partial charge in [0, 0.05) is 11.6 Å². The fourth-order valence-corrected chi connectivity index (χ4v) is 3.46. The van der Waals surface area contributed by atoms with Crippen molar-refractivity contribution in [2.45, 2.75) is 38.2 Å². The number of ether oxygens (including phenoxy) is 2. The molecule has 0 amide bonds. The number of hydrogen-bond donors (Lipinski definition) is 0. The lowest BCUT2D eigenvalue weighted by Crippen LogP contribution is -2.27. The highest BCUT2D eigenvalue weighted by Gasteiger charge is 2.27. The second kappa shape index (κ2) is 8.99. The van der Waals surface area contributed by atoms with Gasteiger partial charge in [-0.05, 0) is 56.2 Å². The molecule has 0 spiro atoms. The molecule has 2 aromatic rings. The van der Waals surface area contributed by atoms with E-state index in [0.29, 0.717) is 22.6 Å². The van der Waals surface area contributed by atoms with Gasteiger partial charge < -0.3 is 9.47 Å². The van der Waals surface area contributed by atoms with Crippen molar-refractivity contribution in [2.24, 2.45) is 0 Å². The number of rotatable bonds is 8. The fourth-order valence-electron chi connectivity index (χ4n) is 2.34. The highest BCUT2D eigenvalue weighted by Crippen LogP contribution is 2.29. The van der Waals surface area contributed by atoms with Crippen LogP contribution in [0.25, 0.3) is 0 Å². The molecule has 28 heavy (non-hydrogen) atoms. The Morgan fingerprint density at radius 3 is 2.25 bits per heavy atom. The van der Waals surface area contributed by atoms with Gasteiger partial charge >= 0.3 is 5.97 Å². The van der Waals surface area contributed by atoms with Crippen molar-refractivity contribution in [1.29, 1.82) is 0 Å². The van der Waals surface area contributed by atoms with Crippen LogP contribution in [0.3, 0.4) is 0 Å². The molecule has 7 nitrogen and oxygen atoms in total. The summed E-state index contributed by atoms with van der Waals surface area (Å²) in [6.07, 6.45) is -1.08. The van der Waals surface area contributed by atoms with Crippen molar-refractivity contribution in [3.8, 4) is 11.5 Å². The van der Waals surface area contributed by atoms with Crippen LogP contribution in [0.4, 0.5) is 0 Å². The average Bonchev–Trinajstić information content (AvgIpc) is 2.67. The number of ketones is 1. The zero-order chi connectivity index (χ0) is 20.9. The van der Waals surface area contributed by atoms with E-state index in [4.69, 9.17) is 8.92 Å². The third-order valence-corrected chi connectivity index (χ3v) is 5.33. The summed E-state index contributed by atoms with van der Waals surface area (Å²) in [5, 5.41) is 0. The molecule has 0 saturated heterocycles. The molecular formula is C20H22O7S. The molecule has 0 aliphatic carbocycles. The normalized spacial score (nSPS) is 12.3. The molecule has 0 bridgehead atoms. The standard InChI is InChI=1S/C20H22O7S/c1-5-18(20(22)25-4)27-28(23,24)17-11-6-13(2)19(12-17)26-16-9-7-15(8-10-16)14(3)21/h6-12,18H,5H2,1-4H3. The van der Waals surface area contributed by atoms with Gasteiger partial charge in [0.1, 0.15) is 11.5 Å². The predicted octanol–water partition coefficient (Wildman–Crippen LogP) is 3.65. The monoisotopic (exact) mass is 406 g/mol. The maximum atomic E-state index is 12.5. The van der Waals surface area contributed by atoms with Crippen LogP contribution in [0.15, 0.2) is 47.4 Å². The summed E-state index contributed by atoms with van der Waals surface area (Å²) in [5.41, 5.74) is 1.25. The summed E-state index contributed by atoms with van der Waals surface area (Å²) in [6.45, 7) is 4.84. The molecule has 0 aromatic heterocycles. The van der Waals surface area contributed by atoms with Crippen LogP contribution in [0.5, 0.6) is 11.5 Å². The van der Waals surface area contributed by atoms with Crippen LogP contribution >= 0.6 is 0 Å². The van der Waals surface area contributed by atoms with Crippen molar-refractivity contribution in [3.05, 3.63) is 53.6 Å². The minimum absolute atomic E-state index is 0.0657. The van der Waals surface area contributed by atoms with Crippen LogP contribution in [-0.2, 0) is 23.8 Å². The maximum Gasteiger partial charge on any atom is 0.336 e. The quantitative estimate of drug-likeness (QED) is 0.375. The minimum atomic E-state index is -4.20. The van der Waals surface area contributed by atoms with Crippen LogP contribution < -0.4 is 4.74 Å². The van der Waals surface area contributed by atoms with Crippen LogP contribution in [0.1, 0.15) is 36.2 Å². The molecule has 0 fully saturated rings. The Morgan fingerprint density at radius 2 is 1.71 bits per heavy atom. The lowest BCUT2D eigenvalue weighted by molar-refractivity contribution is -0.148. The van der Waals surface area contributed by atoms with Crippen LogP contribution in [0.2, 0.25) is 0 Å². The van der Waals surface area contributed by atoms with Gasteiger partial charge in [-0.3, -0.25) is 8.98 Å². The Bertz CT molecular complexity index is 963. The first-order valence-corrected chi connectivity index (χ1v) is 9.99. The summed E-state index contributed by atoms with van der Waals surface area (Å²) in [6, 6.07) is 10.8. The Morgan fingerprint density at radius 1 is 1.07 bits per heavy atom. The van der Waals surface area contributed by atoms with E-state index >= 15 is 0 Å². The molecule has 8 heteroatoms. The first-order valence-electron chi connectivity index (χ1n) is 8.58. The number of carbonyl (C=O) groups is 2. The van der Waals surface area contributed by atoms with Gasteiger partial charge in [0.05, 0.1) is 12.0 Å². The minimum Gasteiger partial charge on any atom is -0.467 e. The number of Topliss-reactive ketones (excluding diaryl/α,β-unsaturated/α-hetero) is 1. The molecule has 1 unspecified atom stereocenters. The highest BCUT2D eigenvalue weighted by molar-refractivity contribution is 7.86. The fraction of sp³-hybridized carbons (Fsp3) is 0.300. The van der Waals surface area contributed by atoms with Gasteiger partial charge in [0.2, 0.25) is 0 Å². The Kier molecular flexibility index (Phi) is 6.93. The van der Waals surface area contributed by atoms with E-state index < -0.39 is 22.2 Å². The number of hydrogen-bond acceptors (Lipinski definition) is 7. The van der Waals surface area contributed by atoms with Gasteiger partial charge in [-0.25, -0.2) is 4.79 Å². The molecule has 0 aliphatic rings. The van der Waals surface area contributed by atoms with E-state index in [1.807, 2.05) is 0 Å². The van der Waals surface area contributed by atoms with E-state index in [1.165, 1.54) is 19.1 Å². The molecule has 2 aromatic carbocycles. The van der Waals surface area contributed by atoms with Crippen LogP contribution in [-0.4, -0.2) is 33.4 Å². The summed E-state index contributed by atoms with van der Waals surface area (Å²) in [4.78, 5) is 22.8. The third-order valence-electron chi connectivity index (χ3n) is 4.01. The highest BCUT2D eigenvalue weighted by atomic mass is 32.2. The van der Waals surface area contributed by atoms with E-state index in [0.717, 1.165) is 7.11 Å². The number of esters is 1. The smallest absolute Gasteiger partial charge is 0.336 e. The van der Waals surface area contributed by atoms with Crippen LogP contribution in [0, 0.1) is 6.92 Å². The molecule has 150 valence electrons. The summed E-state index contributed by atoms with van der Waals surface area (Å²) >= 11 is 0. The second-order valence-corrected chi connectivity index (χ2v) is 7.65. The molecule has 2 rings (SSSR count). The number of carbonyl (C=O) groups excluding carboxylic acids is 2.